The molecule has 3 aliphatic rings. The van der Waals surface area contributed by atoms with Crippen LogP contribution in [0.25, 0.3) is 0 Å². The van der Waals surface area contributed by atoms with Crippen molar-refractivity contribution in [3.05, 3.63) is 30.3 Å². The zero-order valence-electron chi connectivity index (χ0n) is 11.0. The summed E-state index contributed by atoms with van der Waals surface area (Å²) in [5, 5.41) is 3.38. The summed E-state index contributed by atoms with van der Waals surface area (Å²) in [6.07, 6.45) is 0.636. The topological polar surface area (TPSA) is 43.0 Å². The molecule has 1 aromatic rings. The number of anilines is 1. The van der Waals surface area contributed by atoms with Crippen LogP contribution in [0, 0.1) is 0 Å². The molecule has 0 atom stereocenters. The highest BCUT2D eigenvalue weighted by molar-refractivity contribution is 6.61. The van der Waals surface area contributed by atoms with Crippen LogP contribution in [0.2, 0.25) is 0 Å². The fraction of sp³-hybridized carbons (Fsp3) is 0.538. The van der Waals surface area contributed by atoms with Crippen LogP contribution in [-0.2, 0) is 13.3 Å². The molecular formula is C13H20N2O3Si. The van der Waals surface area contributed by atoms with E-state index in [-0.39, 0.29) is 0 Å². The number of nitrogens with one attached hydrogen (secondary N) is 1. The lowest BCUT2D eigenvalue weighted by Gasteiger charge is -2.38. The smallest absolute Gasteiger partial charge is 0.381 e. The van der Waals surface area contributed by atoms with Crippen LogP contribution in [0.4, 0.5) is 5.69 Å². The highest BCUT2D eigenvalue weighted by Gasteiger charge is 2.43. The predicted octanol–water partition coefficient (Wildman–Crippen LogP) is 0.956. The van der Waals surface area contributed by atoms with Gasteiger partial charge in [-0.3, -0.25) is 4.90 Å². The lowest BCUT2D eigenvalue weighted by molar-refractivity contribution is -0.00651. The van der Waals surface area contributed by atoms with Gasteiger partial charge in [0.15, 0.2) is 0 Å². The molecule has 3 saturated heterocycles. The fourth-order valence-corrected chi connectivity index (χ4v) is 4.55. The molecule has 3 fully saturated rings. The first-order chi connectivity index (χ1) is 9.36. The summed E-state index contributed by atoms with van der Waals surface area (Å²) >= 11 is 0. The summed E-state index contributed by atoms with van der Waals surface area (Å²) in [6.45, 7) is 5.03. The van der Waals surface area contributed by atoms with Gasteiger partial charge in [-0.25, -0.2) is 0 Å². The quantitative estimate of drug-likeness (QED) is 0.835. The normalized spacial score (nSPS) is 31.3. The molecule has 1 aromatic carbocycles. The Balaban J connectivity index is 1.65. The Morgan fingerprint density at radius 3 is 2.11 bits per heavy atom. The molecule has 104 valence electrons. The number of fused-ring (bicyclic) bond motifs is 6. The average molecular weight is 280 g/mol. The first-order valence-electron chi connectivity index (χ1n) is 6.79. The first-order valence-corrected chi connectivity index (χ1v) is 8.73. The van der Waals surface area contributed by atoms with Crippen LogP contribution in [0.15, 0.2) is 30.3 Å². The molecule has 0 saturated carbocycles. The van der Waals surface area contributed by atoms with Crippen molar-refractivity contribution in [1.82, 2.24) is 4.90 Å². The second-order valence-electron chi connectivity index (χ2n) is 4.79. The van der Waals surface area contributed by atoms with Gasteiger partial charge in [-0.1, -0.05) is 18.2 Å². The Morgan fingerprint density at radius 2 is 1.53 bits per heavy atom. The molecule has 19 heavy (non-hydrogen) atoms. The summed E-state index contributed by atoms with van der Waals surface area (Å²) in [7, 11) is -2.55. The fourth-order valence-electron chi connectivity index (χ4n) is 2.37. The maximum Gasteiger partial charge on any atom is 0.521 e. The molecule has 4 rings (SSSR count). The van der Waals surface area contributed by atoms with Crippen LogP contribution in [0.5, 0.6) is 0 Å². The lowest BCUT2D eigenvalue weighted by atomic mass is 10.3. The van der Waals surface area contributed by atoms with E-state index >= 15 is 0 Å². The van der Waals surface area contributed by atoms with Gasteiger partial charge in [0.25, 0.3) is 0 Å². The Labute approximate surface area is 114 Å². The van der Waals surface area contributed by atoms with Crippen molar-refractivity contribution in [1.29, 1.82) is 0 Å². The highest BCUT2D eigenvalue weighted by atomic mass is 28.4. The zero-order chi connectivity index (χ0) is 13.0. The Hall–Kier alpha value is -0.923. The SMILES string of the molecule is c1ccc(NC[Si]23OCCN(CCO2)CCO3)cc1. The van der Waals surface area contributed by atoms with Crippen LogP contribution in [0.3, 0.4) is 0 Å². The van der Waals surface area contributed by atoms with E-state index in [9.17, 15) is 0 Å². The van der Waals surface area contributed by atoms with E-state index in [4.69, 9.17) is 13.3 Å². The van der Waals surface area contributed by atoms with E-state index < -0.39 is 8.80 Å². The van der Waals surface area contributed by atoms with Crippen LogP contribution in [0.1, 0.15) is 0 Å². The third-order valence-electron chi connectivity index (χ3n) is 3.47. The van der Waals surface area contributed by atoms with Crippen molar-refractivity contribution in [3.63, 3.8) is 0 Å². The van der Waals surface area contributed by atoms with E-state index in [0.717, 1.165) is 25.3 Å². The van der Waals surface area contributed by atoms with Crippen LogP contribution >= 0.6 is 0 Å². The van der Waals surface area contributed by atoms with E-state index in [2.05, 4.69) is 10.2 Å². The van der Waals surface area contributed by atoms with Crippen molar-refractivity contribution < 1.29 is 13.3 Å². The maximum absolute atomic E-state index is 5.95. The summed E-state index contributed by atoms with van der Waals surface area (Å²) in [6, 6.07) is 10.1. The Morgan fingerprint density at radius 1 is 0.947 bits per heavy atom. The minimum absolute atomic E-state index is 0.636. The van der Waals surface area contributed by atoms with Gasteiger partial charge in [0.2, 0.25) is 0 Å². The van der Waals surface area contributed by atoms with E-state index in [1.54, 1.807) is 0 Å². The molecule has 0 spiro atoms. The molecule has 6 heteroatoms. The van der Waals surface area contributed by atoms with E-state index in [1.165, 1.54) is 0 Å². The van der Waals surface area contributed by atoms with Gasteiger partial charge >= 0.3 is 8.80 Å². The third-order valence-corrected chi connectivity index (χ3v) is 6.01. The highest BCUT2D eigenvalue weighted by Crippen LogP contribution is 2.17. The molecule has 2 bridgehead atoms. The second kappa shape index (κ2) is 6.02. The third kappa shape index (κ3) is 3.34. The largest absolute Gasteiger partial charge is 0.521 e. The van der Waals surface area contributed by atoms with Crippen molar-refractivity contribution >= 4 is 14.5 Å². The number of rotatable bonds is 3. The van der Waals surface area contributed by atoms with Gasteiger partial charge in [-0.2, -0.15) is 0 Å². The summed E-state index contributed by atoms with van der Waals surface area (Å²) in [5.74, 6) is 0. The van der Waals surface area contributed by atoms with Crippen LogP contribution < -0.4 is 5.32 Å². The monoisotopic (exact) mass is 280 g/mol. The molecular weight excluding hydrogens is 260 g/mol. The number of para-hydroxylation sites is 1. The van der Waals surface area contributed by atoms with Crippen molar-refractivity contribution in [2.45, 2.75) is 0 Å². The average Bonchev–Trinajstić information content (AvgIpc) is 2.37. The standard InChI is InChI=1S/C13H20N2O3Si/c1-2-4-13(5-3-1)14-12-19-16-9-6-15(7-10-17-19)8-11-18-19/h1-5,14H,6-12H2. The van der Waals surface area contributed by atoms with Gasteiger partial charge in [0.05, 0.1) is 26.0 Å². The van der Waals surface area contributed by atoms with Crippen molar-refractivity contribution in [2.24, 2.45) is 0 Å². The molecule has 5 nitrogen and oxygen atoms in total. The van der Waals surface area contributed by atoms with Crippen LogP contribution in [-0.4, -0.2) is 59.3 Å². The molecule has 0 aliphatic carbocycles. The maximum atomic E-state index is 5.95. The number of benzene rings is 1. The number of nitrogens with zero attached hydrogens (tertiary/aromatic N) is 1. The first kappa shape index (κ1) is 13.1. The number of hydrogen-bond donors (Lipinski definition) is 1. The van der Waals surface area contributed by atoms with Crippen molar-refractivity contribution in [2.75, 3.05) is 50.9 Å². The van der Waals surface area contributed by atoms with Gasteiger partial charge in [-0.05, 0) is 12.1 Å². The lowest BCUT2D eigenvalue weighted by Crippen LogP contribution is -2.59. The molecule has 0 unspecified atom stereocenters. The predicted molar refractivity (Wildman–Crippen MR) is 75.0 cm³/mol. The van der Waals surface area contributed by atoms with Gasteiger partial charge in [-0.15, -0.1) is 0 Å². The minimum atomic E-state index is -2.55. The molecule has 3 aliphatic heterocycles. The van der Waals surface area contributed by atoms with Gasteiger partial charge < -0.3 is 18.6 Å². The summed E-state index contributed by atoms with van der Waals surface area (Å²) in [4.78, 5) is 2.32. The van der Waals surface area contributed by atoms with Gasteiger partial charge in [0.1, 0.15) is 0 Å². The summed E-state index contributed by atoms with van der Waals surface area (Å²) < 4.78 is 17.9. The van der Waals surface area contributed by atoms with E-state index in [1.807, 2.05) is 30.3 Å². The van der Waals surface area contributed by atoms with Crippen molar-refractivity contribution in [3.8, 4) is 0 Å². The minimum Gasteiger partial charge on any atom is -0.381 e. The number of hydrogen-bond acceptors (Lipinski definition) is 5. The molecule has 0 radical (unpaired) electrons. The van der Waals surface area contributed by atoms with E-state index in [0.29, 0.717) is 26.0 Å². The molecule has 1 N–H and O–H groups in total. The Bertz CT molecular complexity index is 378. The summed E-state index contributed by atoms with van der Waals surface area (Å²) in [5.41, 5.74) is 1.07. The second-order valence-corrected chi connectivity index (χ2v) is 7.38. The Kier molecular flexibility index (Phi) is 4.14. The van der Waals surface area contributed by atoms with Gasteiger partial charge in [0, 0.05) is 25.3 Å². The zero-order valence-corrected chi connectivity index (χ0v) is 12.0. The molecule has 0 amide bonds. The molecule has 3 heterocycles. The molecule has 0 aromatic heterocycles.